The molecule has 1 aliphatic rings. The zero-order valence-electron chi connectivity index (χ0n) is 10.8. The van der Waals surface area contributed by atoms with Crippen molar-refractivity contribution in [2.75, 3.05) is 11.9 Å². The van der Waals surface area contributed by atoms with Gasteiger partial charge >= 0.3 is 0 Å². The molecule has 0 bridgehead atoms. The van der Waals surface area contributed by atoms with Crippen LogP contribution in [0.15, 0.2) is 18.2 Å². The SMILES string of the molecule is CCC(CC)C(O)c1ccc2c(c1)NC(=O)CO2. The maximum absolute atomic E-state index is 11.3. The highest BCUT2D eigenvalue weighted by atomic mass is 16.5. The minimum absolute atomic E-state index is 0.0570. The second kappa shape index (κ2) is 5.40. The van der Waals surface area contributed by atoms with Crippen LogP contribution in [-0.4, -0.2) is 17.6 Å². The highest BCUT2D eigenvalue weighted by molar-refractivity contribution is 5.95. The highest BCUT2D eigenvalue weighted by Crippen LogP contribution is 2.34. The maximum atomic E-state index is 11.3. The van der Waals surface area contributed by atoms with Crippen LogP contribution >= 0.6 is 0 Å². The Balaban J connectivity index is 2.25. The Morgan fingerprint density at radius 1 is 1.39 bits per heavy atom. The van der Waals surface area contributed by atoms with Gasteiger partial charge in [0, 0.05) is 0 Å². The van der Waals surface area contributed by atoms with E-state index in [9.17, 15) is 9.90 Å². The number of carbonyl (C=O) groups excluding carboxylic acids is 1. The van der Waals surface area contributed by atoms with E-state index in [1.165, 1.54) is 0 Å². The van der Waals surface area contributed by atoms with Crippen LogP contribution in [0.25, 0.3) is 0 Å². The standard InChI is InChI=1S/C14H19NO3/c1-3-9(4-2)14(17)10-5-6-12-11(7-10)15-13(16)8-18-12/h5-7,9,14,17H,3-4,8H2,1-2H3,(H,15,16). The first-order valence-corrected chi connectivity index (χ1v) is 6.40. The third-order valence-corrected chi connectivity index (χ3v) is 3.47. The second-order valence-electron chi connectivity index (χ2n) is 4.61. The van der Waals surface area contributed by atoms with Gasteiger partial charge in [0.15, 0.2) is 6.61 Å². The van der Waals surface area contributed by atoms with E-state index in [-0.39, 0.29) is 18.4 Å². The maximum Gasteiger partial charge on any atom is 0.262 e. The molecule has 0 fully saturated rings. The Morgan fingerprint density at radius 3 is 2.78 bits per heavy atom. The molecule has 2 rings (SSSR count). The quantitative estimate of drug-likeness (QED) is 0.862. The van der Waals surface area contributed by atoms with Crippen molar-refractivity contribution in [3.05, 3.63) is 23.8 Å². The normalized spacial score (nSPS) is 15.9. The Bertz CT molecular complexity index is 441. The second-order valence-corrected chi connectivity index (χ2v) is 4.61. The van der Waals surface area contributed by atoms with Gasteiger partial charge < -0.3 is 15.2 Å². The number of nitrogens with one attached hydrogen (secondary N) is 1. The first kappa shape index (κ1) is 12.9. The number of anilines is 1. The molecule has 1 aromatic rings. The lowest BCUT2D eigenvalue weighted by Gasteiger charge is -2.23. The van der Waals surface area contributed by atoms with Crippen LogP contribution in [0.2, 0.25) is 0 Å². The van der Waals surface area contributed by atoms with E-state index >= 15 is 0 Å². The molecule has 1 unspecified atom stereocenters. The third-order valence-electron chi connectivity index (χ3n) is 3.47. The van der Waals surface area contributed by atoms with Gasteiger partial charge in [0.2, 0.25) is 0 Å². The van der Waals surface area contributed by atoms with Gasteiger partial charge in [-0.3, -0.25) is 4.79 Å². The molecule has 1 aliphatic heterocycles. The number of hydrogen-bond donors (Lipinski definition) is 2. The molecule has 0 radical (unpaired) electrons. The van der Waals surface area contributed by atoms with Gasteiger partial charge in [-0.15, -0.1) is 0 Å². The number of hydrogen-bond acceptors (Lipinski definition) is 3. The van der Waals surface area contributed by atoms with Crippen molar-refractivity contribution in [2.45, 2.75) is 32.8 Å². The van der Waals surface area contributed by atoms with Gasteiger partial charge in [-0.2, -0.15) is 0 Å². The van der Waals surface area contributed by atoms with Gasteiger partial charge in [-0.1, -0.05) is 32.8 Å². The Morgan fingerprint density at radius 2 is 2.11 bits per heavy atom. The molecule has 0 saturated heterocycles. The number of benzene rings is 1. The Labute approximate surface area is 107 Å². The zero-order chi connectivity index (χ0) is 13.1. The monoisotopic (exact) mass is 249 g/mol. The van der Waals surface area contributed by atoms with Crippen LogP contribution in [0, 0.1) is 5.92 Å². The molecule has 0 aliphatic carbocycles. The van der Waals surface area contributed by atoms with Crippen molar-refractivity contribution in [1.29, 1.82) is 0 Å². The topological polar surface area (TPSA) is 58.6 Å². The van der Waals surface area contributed by atoms with Crippen LogP contribution in [0.1, 0.15) is 38.4 Å². The number of carbonyl (C=O) groups is 1. The molecule has 1 aromatic carbocycles. The summed E-state index contributed by atoms with van der Waals surface area (Å²) < 4.78 is 5.29. The fourth-order valence-electron chi connectivity index (χ4n) is 2.29. The Hall–Kier alpha value is -1.55. The van der Waals surface area contributed by atoms with Gasteiger partial charge in [0.05, 0.1) is 11.8 Å². The largest absolute Gasteiger partial charge is 0.482 e. The zero-order valence-corrected chi connectivity index (χ0v) is 10.8. The summed E-state index contributed by atoms with van der Waals surface area (Å²) in [6.45, 7) is 4.20. The summed E-state index contributed by atoms with van der Waals surface area (Å²) in [6, 6.07) is 5.46. The van der Waals surface area contributed by atoms with E-state index in [1.807, 2.05) is 6.07 Å². The summed E-state index contributed by atoms with van der Waals surface area (Å²) in [5.74, 6) is 0.745. The van der Waals surface area contributed by atoms with Crippen molar-refractivity contribution in [1.82, 2.24) is 0 Å². The minimum atomic E-state index is -0.496. The number of amides is 1. The van der Waals surface area contributed by atoms with Crippen molar-refractivity contribution in [3.63, 3.8) is 0 Å². The molecule has 1 amide bonds. The van der Waals surface area contributed by atoms with E-state index < -0.39 is 6.10 Å². The lowest BCUT2D eigenvalue weighted by molar-refractivity contribution is -0.118. The number of fused-ring (bicyclic) bond motifs is 1. The molecule has 2 N–H and O–H groups in total. The van der Waals surface area contributed by atoms with E-state index in [1.54, 1.807) is 12.1 Å². The molecule has 0 spiro atoms. The van der Waals surface area contributed by atoms with Crippen molar-refractivity contribution >= 4 is 11.6 Å². The molecule has 98 valence electrons. The molecule has 0 saturated carbocycles. The predicted octanol–water partition coefficient (Wildman–Crippen LogP) is 2.49. The number of rotatable bonds is 4. The molecule has 4 nitrogen and oxygen atoms in total. The highest BCUT2D eigenvalue weighted by Gasteiger charge is 2.21. The molecular weight excluding hydrogens is 230 g/mol. The summed E-state index contributed by atoms with van der Waals surface area (Å²) in [4.78, 5) is 11.3. The van der Waals surface area contributed by atoms with Gasteiger partial charge in [-0.25, -0.2) is 0 Å². The summed E-state index contributed by atoms with van der Waals surface area (Å²) in [5, 5.41) is 13.0. The molecule has 0 aromatic heterocycles. The fourth-order valence-corrected chi connectivity index (χ4v) is 2.29. The van der Waals surface area contributed by atoms with E-state index in [2.05, 4.69) is 19.2 Å². The molecular formula is C14H19NO3. The lowest BCUT2D eigenvalue weighted by Crippen LogP contribution is -2.25. The van der Waals surface area contributed by atoms with Crippen molar-refractivity contribution in [2.24, 2.45) is 5.92 Å². The van der Waals surface area contributed by atoms with Gasteiger partial charge in [0.1, 0.15) is 5.75 Å². The lowest BCUT2D eigenvalue weighted by atomic mass is 9.91. The van der Waals surface area contributed by atoms with E-state index in [0.717, 1.165) is 18.4 Å². The number of ether oxygens (including phenoxy) is 1. The first-order chi connectivity index (χ1) is 8.65. The Kier molecular flexibility index (Phi) is 3.87. The van der Waals surface area contributed by atoms with E-state index in [0.29, 0.717) is 11.4 Å². The predicted molar refractivity (Wildman–Crippen MR) is 69.6 cm³/mol. The van der Waals surface area contributed by atoms with Crippen LogP contribution < -0.4 is 10.1 Å². The summed E-state index contributed by atoms with van der Waals surface area (Å²) in [6.07, 6.45) is 1.36. The average molecular weight is 249 g/mol. The van der Waals surface area contributed by atoms with Crippen LogP contribution in [0.3, 0.4) is 0 Å². The van der Waals surface area contributed by atoms with Crippen molar-refractivity contribution in [3.8, 4) is 5.75 Å². The summed E-state index contributed by atoms with van der Waals surface area (Å²) in [5.41, 5.74) is 1.47. The van der Waals surface area contributed by atoms with Crippen LogP contribution in [-0.2, 0) is 4.79 Å². The van der Waals surface area contributed by atoms with Gasteiger partial charge in [-0.05, 0) is 23.6 Å². The number of aliphatic hydroxyl groups excluding tert-OH is 1. The van der Waals surface area contributed by atoms with Crippen molar-refractivity contribution < 1.29 is 14.6 Å². The van der Waals surface area contributed by atoms with Crippen LogP contribution in [0.4, 0.5) is 5.69 Å². The van der Waals surface area contributed by atoms with E-state index in [4.69, 9.17) is 4.74 Å². The minimum Gasteiger partial charge on any atom is -0.482 e. The molecule has 1 atom stereocenters. The number of aliphatic hydroxyl groups is 1. The fraction of sp³-hybridized carbons (Fsp3) is 0.500. The molecule has 4 heteroatoms. The van der Waals surface area contributed by atoms with Gasteiger partial charge in [0.25, 0.3) is 5.91 Å². The molecule has 18 heavy (non-hydrogen) atoms. The summed E-state index contributed by atoms with van der Waals surface area (Å²) in [7, 11) is 0. The summed E-state index contributed by atoms with van der Waals surface area (Å²) >= 11 is 0. The first-order valence-electron chi connectivity index (χ1n) is 6.40. The smallest absolute Gasteiger partial charge is 0.262 e. The molecule has 1 heterocycles. The van der Waals surface area contributed by atoms with Crippen LogP contribution in [0.5, 0.6) is 5.75 Å². The third kappa shape index (κ3) is 2.48. The average Bonchev–Trinajstić information content (AvgIpc) is 2.39.